The van der Waals surface area contributed by atoms with Gasteiger partial charge in [0.1, 0.15) is 5.78 Å². The first-order valence-electron chi connectivity index (χ1n) is 5.13. The lowest BCUT2D eigenvalue weighted by Gasteiger charge is -2.17. The monoisotopic (exact) mass is 198 g/mol. The highest BCUT2D eigenvalue weighted by atomic mass is 16.2. The van der Waals surface area contributed by atoms with Gasteiger partial charge in [-0.1, -0.05) is 0 Å². The maximum Gasteiger partial charge on any atom is 0.219 e. The van der Waals surface area contributed by atoms with Gasteiger partial charge in [0, 0.05) is 25.9 Å². The average molecular weight is 198 g/mol. The summed E-state index contributed by atoms with van der Waals surface area (Å²) < 4.78 is 0. The van der Waals surface area contributed by atoms with Gasteiger partial charge < -0.3 is 10.6 Å². The Labute approximate surface area is 84.4 Å². The average Bonchev–Trinajstić information content (AvgIpc) is 2.41. The van der Waals surface area contributed by atoms with Crippen LogP contribution in [0.2, 0.25) is 0 Å². The van der Waals surface area contributed by atoms with Crippen LogP contribution in [0.15, 0.2) is 0 Å². The lowest BCUT2D eigenvalue weighted by Crippen LogP contribution is -2.30. The second-order valence-corrected chi connectivity index (χ2v) is 3.80. The van der Waals surface area contributed by atoms with Crippen molar-refractivity contribution in [3.63, 3.8) is 0 Å². The molecule has 1 fully saturated rings. The van der Waals surface area contributed by atoms with E-state index in [2.05, 4.69) is 0 Å². The van der Waals surface area contributed by atoms with Crippen molar-refractivity contribution in [3.05, 3.63) is 0 Å². The van der Waals surface area contributed by atoms with E-state index >= 15 is 0 Å². The highest BCUT2D eigenvalue weighted by Gasteiger charge is 2.22. The molecule has 4 heteroatoms. The van der Waals surface area contributed by atoms with Crippen molar-refractivity contribution in [1.29, 1.82) is 0 Å². The van der Waals surface area contributed by atoms with Crippen LogP contribution in [0.25, 0.3) is 0 Å². The number of hydrogen-bond donors (Lipinski definition) is 1. The minimum Gasteiger partial charge on any atom is -0.343 e. The van der Waals surface area contributed by atoms with Crippen LogP contribution in [0.5, 0.6) is 0 Å². The molecule has 0 spiro atoms. The van der Waals surface area contributed by atoms with Crippen molar-refractivity contribution < 1.29 is 9.59 Å². The molecule has 4 nitrogen and oxygen atoms in total. The molecule has 80 valence electrons. The zero-order valence-electron chi connectivity index (χ0n) is 8.66. The molecule has 0 aromatic carbocycles. The summed E-state index contributed by atoms with van der Waals surface area (Å²) in [5.74, 6) is 0.311. The second-order valence-electron chi connectivity index (χ2n) is 3.80. The number of ketones is 1. The van der Waals surface area contributed by atoms with E-state index in [0.717, 1.165) is 25.8 Å². The normalized spacial score (nSPS) is 23.0. The zero-order valence-corrected chi connectivity index (χ0v) is 8.66. The van der Waals surface area contributed by atoms with Gasteiger partial charge in [0.15, 0.2) is 0 Å². The fraction of sp³-hybridized carbons (Fsp3) is 0.800. The lowest BCUT2D eigenvalue weighted by molar-refractivity contribution is -0.129. The standard InChI is InChI=1S/C10H18N2O2/c1-8(13)12-5-2-3-9(4-6-12)10(14)7-11/h9H,2-7,11H2,1H3. The Kier molecular flexibility index (Phi) is 4.07. The minimum atomic E-state index is 0.0735. The number of rotatable bonds is 2. The maximum absolute atomic E-state index is 11.4. The zero-order chi connectivity index (χ0) is 10.6. The fourth-order valence-electron chi connectivity index (χ4n) is 1.90. The number of nitrogens with two attached hydrogens (primary N) is 1. The molecule has 0 bridgehead atoms. The molecule has 2 N–H and O–H groups in total. The van der Waals surface area contributed by atoms with Gasteiger partial charge in [-0.25, -0.2) is 0 Å². The molecule has 1 aliphatic heterocycles. The van der Waals surface area contributed by atoms with Crippen LogP contribution in [0, 0.1) is 5.92 Å². The van der Waals surface area contributed by atoms with Gasteiger partial charge in [0.25, 0.3) is 0 Å². The van der Waals surface area contributed by atoms with Crippen LogP contribution < -0.4 is 5.73 Å². The molecular weight excluding hydrogens is 180 g/mol. The molecule has 0 aromatic heterocycles. The molecule has 1 heterocycles. The first-order valence-corrected chi connectivity index (χ1v) is 5.13. The Bertz CT molecular complexity index is 228. The van der Waals surface area contributed by atoms with E-state index in [1.54, 1.807) is 6.92 Å². The largest absolute Gasteiger partial charge is 0.343 e. The highest BCUT2D eigenvalue weighted by molar-refractivity contribution is 5.82. The Morgan fingerprint density at radius 1 is 1.36 bits per heavy atom. The fourth-order valence-corrected chi connectivity index (χ4v) is 1.90. The van der Waals surface area contributed by atoms with Crippen LogP contribution in [0.1, 0.15) is 26.2 Å². The minimum absolute atomic E-state index is 0.0735. The van der Waals surface area contributed by atoms with E-state index < -0.39 is 0 Å². The molecule has 1 unspecified atom stereocenters. The Morgan fingerprint density at radius 2 is 2.07 bits per heavy atom. The van der Waals surface area contributed by atoms with E-state index in [0.29, 0.717) is 6.54 Å². The molecule has 0 aliphatic carbocycles. The smallest absolute Gasteiger partial charge is 0.219 e. The topological polar surface area (TPSA) is 63.4 Å². The van der Waals surface area contributed by atoms with Crippen LogP contribution >= 0.6 is 0 Å². The summed E-state index contributed by atoms with van der Waals surface area (Å²) >= 11 is 0. The van der Waals surface area contributed by atoms with E-state index in [4.69, 9.17) is 5.73 Å². The molecular formula is C10H18N2O2. The van der Waals surface area contributed by atoms with Crippen molar-refractivity contribution in [2.75, 3.05) is 19.6 Å². The summed E-state index contributed by atoms with van der Waals surface area (Å²) in [5, 5.41) is 0. The third kappa shape index (κ3) is 2.80. The third-order valence-corrected chi connectivity index (χ3v) is 2.83. The maximum atomic E-state index is 11.4. The first-order chi connectivity index (χ1) is 6.65. The van der Waals surface area contributed by atoms with Crippen LogP contribution in [0.3, 0.4) is 0 Å². The second kappa shape index (κ2) is 5.10. The van der Waals surface area contributed by atoms with E-state index in [1.165, 1.54) is 0 Å². The summed E-state index contributed by atoms with van der Waals surface area (Å²) in [6.07, 6.45) is 2.56. The molecule has 0 saturated carbocycles. The van der Waals surface area contributed by atoms with Crippen molar-refractivity contribution in [3.8, 4) is 0 Å². The molecule has 0 aromatic rings. The van der Waals surface area contributed by atoms with Gasteiger partial charge in [0.2, 0.25) is 5.91 Å². The summed E-state index contributed by atoms with van der Waals surface area (Å²) in [7, 11) is 0. The van der Waals surface area contributed by atoms with Gasteiger partial charge in [0.05, 0.1) is 6.54 Å². The van der Waals surface area contributed by atoms with E-state index in [-0.39, 0.29) is 24.2 Å². The number of carbonyl (C=O) groups excluding carboxylic acids is 2. The van der Waals surface area contributed by atoms with Crippen molar-refractivity contribution in [2.24, 2.45) is 11.7 Å². The first kappa shape index (κ1) is 11.2. The predicted molar refractivity (Wildman–Crippen MR) is 53.7 cm³/mol. The summed E-state index contributed by atoms with van der Waals surface area (Å²) in [4.78, 5) is 24.3. The van der Waals surface area contributed by atoms with Crippen molar-refractivity contribution >= 4 is 11.7 Å². The number of nitrogens with zero attached hydrogens (tertiary/aromatic N) is 1. The van der Waals surface area contributed by atoms with Crippen LogP contribution in [-0.2, 0) is 9.59 Å². The van der Waals surface area contributed by atoms with Gasteiger partial charge >= 0.3 is 0 Å². The van der Waals surface area contributed by atoms with Crippen LogP contribution in [0.4, 0.5) is 0 Å². The number of amides is 1. The van der Waals surface area contributed by atoms with Gasteiger partial charge in [-0.15, -0.1) is 0 Å². The SMILES string of the molecule is CC(=O)N1CCCC(C(=O)CN)CC1. The lowest BCUT2D eigenvalue weighted by atomic mass is 9.96. The van der Waals surface area contributed by atoms with Crippen molar-refractivity contribution in [1.82, 2.24) is 4.90 Å². The quantitative estimate of drug-likeness (QED) is 0.687. The van der Waals surface area contributed by atoms with Gasteiger partial charge in [-0.3, -0.25) is 9.59 Å². The molecule has 0 radical (unpaired) electrons. The molecule has 14 heavy (non-hydrogen) atoms. The van der Waals surface area contributed by atoms with E-state index in [9.17, 15) is 9.59 Å². The summed E-state index contributed by atoms with van der Waals surface area (Å²) in [6, 6.07) is 0. The number of hydrogen-bond acceptors (Lipinski definition) is 3. The molecule has 1 atom stereocenters. The Hall–Kier alpha value is -0.900. The van der Waals surface area contributed by atoms with Gasteiger partial charge in [-0.05, 0) is 19.3 Å². The van der Waals surface area contributed by atoms with Crippen molar-refractivity contribution in [2.45, 2.75) is 26.2 Å². The number of carbonyl (C=O) groups is 2. The molecule has 1 aliphatic rings. The summed E-state index contributed by atoms with van der Waals surface area (Å²) in [6.45, 7) is 3.19. The number of likely N-dealkylation sites (tertiary alicyclic amines) is 1. The van der Waals surface area contributed by atoms with Gasteiger partial charge in [-0.2, -0.15) is 0 Å². The summed E-state index contributed by atoms with van der Waals surface area (Å²) in [5.41, 5.74) is 5.32. The molecule has 1 rings (SSSR count). The predicted octanol–water partition coefficient (Wildman–Crippen LogP) is 0.163. The third-order valence-electron chi connectivity index (χ3n) is 2.83. The Balaban J connectivity index is 2.48. The van der Waals surface area contributed by atoms with E-state index in [1.807, 2.05) is 4.90 Å². The Morgan fingerprint density at radius 3 is 2.64 bits per heavy atom. The number of Topliss-reactive ketones (excluding diaryl/α,β-unsaturated/α-hetero) is 1. The highest BCUT2D eigenvalue weighted by Crippen LogP contribution is 2.18. The molecule has 1 saturated heterocycles. The van der Waals surface area contributed by atoms with Crippen LogP contribution in [-0.4, -0.2) is 36.2 Å². The molecule has 1 amide bonds.